The minimum Gasteiger partial charge on any atom is -0.311 e. The lowest BCUT2D eigenvalue weighted by atomic mass is 10.1. The zero-order valence-corrected chi connectivity index (χ0v) is 15.8. The molecule has 27 heavy (non-hydrogen) atoms. The number of carbonyl (C=O) groups is 1. The quantitative estimate of drug-likeness (QED) is 0.368. The van der Waals surface area contributed by atoms with E-state index < -0.39 is 0 Å². The van der Waals surface area contributed by atoms with Crippen molar-refractivity contribution >= 4 is 45.0 Å². The number of hydrogen-bond acceptors (Lipinski definition) is 4. The molecule has 0 saturated heterocycles. The van der Waals surface area contributed by atoms with Crippen LogP contribution in [0, 0.1) is 0 Å². The molecule has 0 atom stereocenters. The second-order valence-electron chi connectivity index (χ2n) is 6.12. The van der Waals surface area contributed by atoms with Crippen molar-refractivity contribution in [2.75, 3.05) is 17.2 Å². The molecule has 0 spiro atoms. The Balaban J connectivity index is 1.59. The van der Waals surface area contributed by atoms with Crippen LogP contribution in [0.3, 0.4) is 0 Å². The van der Waals surface area contributed by atoms with Gasteiger partial charge in [0.2, 0.25) is 5.91 Å². The fraction of sp³-hybridized carbons (Fsp3) is 0.136. The monoisotopic (exact) mass is 373 g/mol. The van der Waals surface area contributed by atoms with Crippen LogP contribution in [-0.2, 0) is 4.79 Å². The maximum atomic E-state index is 13.0. The summed E-state index contributed by atoms with van der Waals surface area (Å²) < 4.78 is 0. The van der Waals surface area contributed by atoms with Crippen molar-refractivity contribution in [1.29, 1.82) is 0 Å². The molecule has 0 bridgehead atoms. The van der Waals surface area contributed by atoms with Crippen molar-refractivity contribution in [3.05, 3.63) is 73.1 Å². The Morgan fingerprint density at radius 1 is 0.926 bits per heavy atom. The standard InChI is InChI=1S/C22H19N3OS/c1-2-25(20-13-7-9-16-8-3-4-10-17(16)20)21(26)14-27-22-18-11-5-6-12-19(18)23-15-24-22/h3-13,15H,2,14H2,1H3. The van der Waals surface area contributed by atoms with Gasteiger partial charge < -0.3 is 4.90 Å². The second kappa shape index (κ2) is 7.76. The van der Waals surface area contributed by atoms with E-state index in [4.69, 9.17) is 0 Å². The summed E-state index contributed by atoms with van der Waals surface area (Å²) in [7, 11) is 0. The number of nitrogens with zero attached hydrogens (tertiary/aromatic N) is 3. The lowest BCUT2D eigenvalue weighted by molar-refractivity contribution is -0.116. The van der Waals surface area contributed by atoms with Gasteiger partial charge in [0.15, 0.2) is 0 Å². The predicted molar refractivity (Wildman–Crippen MR) is 112 cm³/mol. The molecule has 0 fully saturated rings. The normalized spacial score (nSPS) is 11.0. The van der Waals surface area contributed by atoms with Crippen LogP contribution in [0.1, 0.15) is 6.92 Å². The molecule has 0 unspecified atom stereocenters. The lowest BCUT2D eigenvalue weighted by Gasteiger charge is -2.22. The van der Waals surface area contributed by atoms with Crippen LogP contribution in [0.2, 0.25) is 0 Å². The molecule has 5 heteroatoms. The molecule has 134 valence electrons. The summed E-state index contributed by atoms with van der Waals surface area (Å²) in [5.74, 6) is 0.402. The molecule has 4 nitrogen and oxygen atoms in total. The van der Waals surface area contributed by atoms with Crippen molar-refractivity contribution in [2.24, 2.45) is 0 Å². The predicted octanol–water partition coefficient (Wildman–Crippen LogP) is 4.93. The number of rotatable bonds is 5. The first-order valence-electron chi connectivity index (χ1n) is 8.88. The van der Waals surface area contributed by atoms with Gasteiger partial charge >= 0.3 is 0 Å². The van der Waals surface area contributed by atoms with Gasteiger partial charge in [0, 0.05) is 17.3 Å². The van der Waals surface area contributed by atoms with Crippen LogP contribution < -0.4 is 4.90 Å². The summed E-state index contributed by atoms with van der Waals surface area (Å²) in [6, 6.07) is 22.1. The van der Waals surface area contributed by atoms with Gasteiger partial charge in [-0.05, 0) is 24.4 Å². The lowest BCUT2D eigenvalue weighted by Crippen LogP contribution is -2.32. The number of para-hydroxylation sites is 1. The van der Waals surface area contributed by atoms with Crippen LogP contribution >= 0.6 is 11.8 Å². The molecule has 0 N–H and O–H groups in total. The van der Waals surface area contributed by atoms with Gasteiger partial charge in [-0.2, -0.15) is 0 Å². The van der Waals surface area contributed by atoms with Crippen molar-refractivity contribution in [3.8, 4) is 0 Å². The summed E-state index contributed by atoms with van der Waals surface area (Å²) in [5.41, 5.74) is 1.84. The molecule has 4 aromatic rings. The summed E-state index contributed by atoms with van der Waals surface area (Å²) in [6.07, 6.45) is 1.55. The maximum Gasteiger partial charge on any atom is 0.237 e. The van der Waals surface area contributed by atoms with Crippen LogP contribution in [0.4, 0.5) is 5.69 Å². The van der Waals surface area contributed by atoms with E-state index in [2.05, 4.69) is 28.2 Å². The summed E-state index contributed by atoms with van der Waals surface area (Å²) >= 11 is 1.46. The fourth-order valence-electron chi connectivity index (χ4n) is 3.23. The number of anilines is 1. The molecule has 1 amide bonds. The minimum absolute atomic E-state index is 0.0709. The number of thioether (sulfide) groups is 1. The topological polar surface area (TPSA) is 46.1 Å². The maximum absolute atomic E-state index is 13.0. The second-order valence-corrected chi connectivity index (χ2v) is 7.08. The molecule has 1 heterocycles. The fourth-order valence-corrected chi connectivity index (χ4v) is 4.09. The largest absolute Gasteiger partial charge is 0.311 e. The van der Waals surface area contributed by atoms with E-state index in [-0.39, 0.29) is 5.91 Å². The van der Waals surface area contributed by atoms with Crippen molar-refractivity contribution in [1.82, 2.24) is 9.97 Å². The van der Waals surface area contributed by atoms with Gasteiger partial charge in [0.05, 0.1) is 17.0 Å². The van der Waals surface area contributed by atoms with Crippen molar-refractivity contribution in [3.63, 3.8) is 0 Å². The molecule has 1 aromatic heterocycles. The third kappa shape index (κ3) is 3.51. The first-order valence-corrected chi connectivity index (χ1v) is 9.87. The molecule has 4 rings (SSSR count). The van der Waals surface area contributed by atoms with Crippen molar-refractivity contribution < 1.29 is 4.79 Å². The van der Waals surface area contributed by atoms with Crippen molar-refractivity contribution in [2.45, 2.75) is 11.9 Å². The average molecular weight is 373 g/mol. The summed E-state index contributed by atoms with van der Waals surface area (Å²) in [5, 5.41) is 4.04. The highest BCUT2D eigenvalue weighted by atomic mass is 32.2. The number of aromatic nitrogens is 2. The highest BCUT2D eigenvalue weighted by Gasteiger charge is 2.17. The third-order valence-electron chi connectivity index (χ3n) is 4.51. The van der Waals surface area contributed by atoms with Gasteiger partial charge in [0.1, 0.15) is 11.4 Å². The Bertz CT molecular complexity index is 1100. The molecule has 0 aliphatic carbocycles. The highest BCUT2D eigenvalue weighted by Crippen LogP contribution is 2.29. The van der Waals surface area contributed by atoms with E-state index in [1.807, 2.05) is 60.4 Å². The first kappa shape index (κ1) is 17.5. The number of fused-ring (bicyclic) bond motifs is 2. The first-order chi connectivity index (χ1) is 13.3. The van der Waals surface area contributed by atoms with Crippen LogP contribution in [0.25, 0.3) is 21.7 Å². The molecular weight excluding hydrogens is 354 g/mol. The molecule has 0 aliphatic rings. The molecule has 0 radical (unpaired) electrons. The molecule has 0 aliphatic heterocycles. The molecule has 0 saturated carbocycles. The van der Waals surface area contributed by atoms with Gasteiger partial charge in [-0.15, -0.1) is 0 Å². The third-order valence-corrected chi connectivity index (χ3v) is 5.50. The van der Waals surface area contributed by atoms with Gasteiger partial charge in [-0.25, -0.2) is 9.97 Å². The smallest absolute Gasteiger partial charge is 0.237 e. The average Bonchev–Trinajstić information content (AvgIpc) is 2.73. The number of amides is 1. The number of carbonyl (C=O) groups excluding carboxylic acids is 1. The van der Waals surface area contributed by atoms with E-state index in [9.17, 15) is 4.79 Å². The Labute approximate surface area is 162 Å². The number of hydrogen-bond donors (Lipinski definition) is 0. The Morgan fingerprint density at radius 2 is 1.67 bits per heavy atom. The van der Waals surface area contributed by atoms with E-state index in [0.717, 1.165) is 32.4 Å². The molecule has 3 aromatic carbocycles. The van der Waals surface area contributed by atoms with Gasteiger partial charge in [0.25, 0.3) is 0 Å². The van der Waals surface area contributed by atoms with E-state index in [0.29, 0.717) is 12.3 Å². The van der Waals surface area contributed by atoms with Crippen LogP contribution in [-0.4, -0.2) is 28.2 Å². The van der Waals surface area contributed by atoms with Crippen LogP contribution in [0.15, 0.2) is 78.1 Å². The SMILES string of the molecule is CCN(C(=O)CSc1ncnc2ccccc12)c1cccc2ccccc12. The minimum atomic E-state index is 0.0709. The van der Waals surface area contributed by atoms with Gasteiger partial charge in [-0.1, -0.05) is 66.4 Å². The zero-order valence-electron chi connectivity index (χ0n) is 15.0. The zero-order chi connectivity index (χ0) is 18.6. The van der Waals surface area contributed by atoms with Crippen LogP contribution in [0.5, 0.6) is 0 Å². The van der Waals surface area contributed by atoms with E-state index >= 15 is 0 Å². The molecular formula is C22H19N3OS. The Morgan fingerprint density at radius 3 is 2.52 bits per heavy atom. The highest BCUT2D eigenvalue weighted by molar-refractivity contribution is 8.00. The van der Waals surface area contributed by atoms with E-state index in [1.165, 1.54) is 11.8 Å². The Hall–Kier alpha value is -2.92. The Kier molecular flexibility index (Phi) is 5.03. The number of benzene rings is 3. The van der Waals surface area contributed by atoms with E-state index in [1.54, 1.807) is 6.33 Å². The summed E-state index contributed by atoms with van der Waals surface area (Å²) in [4.78, 5) is 23.5. The summed E-state index contributed by atoms with van der Waals surface area (Å²) in [6.45, 7) is 2.63. The van der Waals surface area contributed by atoms with Gasteiger partial charge in [-0.3, -0.25) is 4.79 Å².